The van der Waals surface area contributed by atoms with Crippen LogP contribution in [-0.2, 0) is 6.42 Å². The van der Waals surface area contributed by atoms with Gasteiger partial charge in [-0.1, -0.05) is 41.9 Å². The van der Waals surface area contributed by atoms with Crippen molar-refractivity contribution in [1.82, 2.24) is 9.97 Å². The van der Waals surface area contributed by atoms with Crippen molar-refractivity contribution >= 4 is 28.7 Å². The lowest BCUT2D eigenvalue weighted by Crippen LogP contribution is -2.03. The van der Waals surface area contributed by atoms with Gasteiger partial charge in [-0.05, 0) is 12.1 Å². The quantitative estimate of drug-likeness (QED) is 0.675. The predicted octanol–water partition coefficient (Wildman–Crippen LogP) is 4.28. The SMILES string of the molecule is O=C(Cc1csc(-c2ncccc2Cl)n1)c1ccccc1. The van der Waals surface area contributed by atoms with Gasteiger partial charge in [-0.25, -0.2) is 4.98 Å². The van der Waals surface area contributed by atoms with Crippen LogP contribution in [0.15, 0.2) is 54.0 Å². The van der Waals surface area contributed by atoms with E-state index in [2.05, 4.69) is 9.97 Å². The molecule has 5 heteroatoms. The number of ketones is 1. The van der Waals surface area contributed by atoms with Crippen molar-refractivity contribution in [3.05, 3.63) is 70.3 Å². The fourth-order valence-electron chi connectivity index (χ4n) is 1.93. The van der Waals surface area contributed by atoms with Crippen LogP contribution in [0.3, 0.4) is 0 Å². The number of hydrogen-bond donors (Lipinski definition) is 0. The minimum absolute atomic E-state index is 0.0552. The first-order valence-corrected chi connectivity index (χ1v) is 7.63. The van der Waals surface area contributed by atoms with E-state index in [-0.39, 0.29) is 12.2 Å². The van der Waals surface area contributed by atoms with Gasteiger partial charge in [-0.15, -0.1) is 11.3 Å². The number of nitrogens with zero attached hydrogens (tertiary/aromatic N) is 2. The Hall–Kier alpha value is -2.04. The topological polar surface area (TPSA) is 42.9 Å². The Morgan fingerprint density at radius 2 is 1.95 bits per heavy atom. The smallest absolute Gasteiger partial charge is 0.168 e. The third kappa shape index (κ3) is 3.17. The molecule has 2 aromatic heterocycles. The normalized spacial score (nSPS) is 10.5. The zero-order valence-corrected chi connectivity index (χ0v) is 12.6. The van der Waals surface area contributed by atoms with Gasteiger partial charge in [0.25, 0.3) is 0 Å². The lowest BCUT2D eigenvalue weighted by molar-refractivity contribution is 0.0992. The van der Waals surface area contributed by atoms with E-state index >= 15 is 0 Å². The number of aromatic nitrogens is 2. The molecule has 2 heterocycles. The molecule has 1 aromatic carbocycles. The van der Waals surface area contributed by atoms with Gasteiger partial charge in [-0.3, -0.25) is 9.78 Å². The van der Waals surface area contributed by atoms with Crippen molar-refractivity contribution in [3.8, 4) is 10.7 Å². The van der Waals surface area contributed by atoms with Crippen molar-refractivity contribution < 1.29 is 4.79 Å². The van der Waals surface area contributed by atoms with Crippen molar-refractivity contribution in [3.63, 3.8) is 0 Å². The molecular formula is C16H11ClN2OS. The monoisotopic (exact) mass is 314 g/mol. The molecule has 0 saturated heterocycles. The average Bonchev–Trinajstić information content (AvgIpc) is 2.97. The van der Waals surface area contributed by atoms with Gasteiger partial charge in [-0.2, -0.15) is 0 Å². The molecule has 0 bridgehead atoms. The summed E-state index contributed by atoms with van der Waals surface area (Å²) in [6, 6.07) is 12.8. The van der Waals surface area contributed by atoms with E-state index in [0.29, 0.717) is 16.3 Å². The third-order valence-corrected chi connectivity index (χ3v) is 4.15. The van der Waals surface area contributed by atoms with Crippen molar-refractivity contribution in [1.29, 1.82) is 0 Å². The standard InChI is InChI=1S/C16H11ClN2OS/c17-13-7-4-8-18-15(13)16-19-12(10-21-16)9-14(20)11-5-2-1-3-6-11/h1-8,10H,9H2. The van der Waals surface area contributed by atoms with Crippen LogP contribution in [0.5, 0.6) is 0 Å². The summed E-state index contributed by atoms with van der Waals surface area (Å²) in [6.45, 7) is 0. The highest BCUT2D eigenvalue weighted by Crippen LogP contribution is 2.28. The molecule has 0 radical (unpaired) electrons. The van der Waals surface area contributed by atoms with Crippen LogP contribution in [-0.4, -0.2) is 15.8 Å². The Balaban J connectivity index is 1.80. The van der Waals surface area contributed by atoms with Gasteiger partial charge in [0.15, 0.2) is 5.78 Å². The van der Waals surface area contributed by atoms with E-state index in [9.17, 15) is 4.79 Å². The molecule has 0 fully saturated rings. The molecule has 0 atom stereocenters. The number of rotatable bonds is 4. The zero-order chi connectivity index (χ0) is 14.7. The first kappa shape index (κ1) is 13.9. The van der Waals surface area contributed by atoms with Gasteiger partial charge in [0.05, 0.1) is 17.1 Å². The molecule has 0 amide bonds. The van der Waals surface area contributed by atoms with E-state index in [1.54, 1.807) is 18.3 Å². The molecule has 0 saturated carbocycles. The second-order valence-corrected chi connectivity index (χ2v) is 5.71. The minimum atomic E-state index is 0.0552. The summed E-state index contributed by atoms with van der Waals surface area (Å²) < 4.78 is 0. The largest absolute Gasteiger partial charge is 0.294 e. The molecule has 3 nitrogen and oxygen atoms in total. The highest BCUT2D eigenvalue weighted by molar-refractivity contribution is 7.13. The number of hydrogen-bond acceptors (Lipinski definition) is 4. The van der Waals surface area contributed by atoms with E-state index in [0.717, 1.165) is 10.7 Å². The molecule has 0 N–H and O–H groups in total. The summed E-state index contributed by atoms with van der Waals surface area (Å²) in [7, 11) is 0. The van der Waals surface area contributed by atoms with E-state index in [1.807, 2.05) is 35.7 Å². The Labute approximate surface area is 131 Å². The van der Waals surface area contributed by atoms with Crippen molar-refractivity contribution in [2.75, 3.05) is 0 Å². The molecular weight excluding hydrogens is 304 g/mol. The van der Waals surface area contributed by atoms with Gasteiger partial charge in [0, 0.05) is 17.1 Å². The highest BCUT2D eigenvalue weighted by atomic mass is 35.5. The second kappa shape index (κ2) is 6.16. The zero-order valence-electron chi connectivity index (χ0n) is 11.0. The Bertz CT molecular complexity index is 771. The summed E-state index contributed by atoms with van der Waals surface area (Å²) in [4.78, 5) is 20.8. The molecule has 0 unspecified atom stereocenters. The summed E-state index contributed by atoms with van der Waals surface area (Å²) in [6.07, 6.45) is 1.96. The highest BCUT2D eigenvalue weighted by Gasteiger charge is 2.12. The summed E-state index contributed by atoms with van der Waals surface area (Å²) in [5.74, 6) is 0.0552. The van der Waals surface area contributed by atoms with Crippen LogP contribution in [0.4, 0.5) is 0 Å². The molecule has 0 aliphatic rings. The summed E-state index contributed by atoms with van der Waals surface area (Å²) in [5.41, 5.74) is 2.09. The third-order valence-electron chi connectivity index (χ3n) is 2.95. The molecule has 0 aliphatic carbocycles. The molecule has 0 spiro atoms. The van der Waals surface area contributed by atoms with E-state index < -0.39 is 0 Å². The Morgan fingerprint density at radius 1 is 1.14 bits per heavy atom. The second-order valence-electron chi connectivity index (χ2n) is 4.44. The fourth-order valence-corrected chi connectivity index (χ4v) is 3.03. The van der Waals surface area contributed by atoms with E-state index in [1.165, 1.54) is 11.3 Å². The van der Waals surface area contributed by atoms with Crippen LogP contribution in [0.2, 0.25) is 5.02 Å². The predicted molar refractivity (Wildman–Crippen MR) is 84.8 cm³/mol. The van der Waals surface area contributed by atoms with Crippen LogP contribution < -0.4 is 0 Å². The van der Waals surface area contributed by atoms with Gasteiger partial charge in [0.1, 0.15) is 10.7 Å². The fraction of sp³-hybridized carbons (Fsp3) is 0.0625. The maximum atomic E-state index is 12.1. The average molecular weight is 315 g/mol. The van der Waals surface area contributed by atoms with Crippen LogP contribution in [0.1, 0.15) is 16.1 Å². The lowest BCUT2D eigenvalue weighted by Gasteiger charge is -1.99. The van der Waals surface area contributed by atoms with Gasteiger partial charge >= 0.3 is 0 Å². The summed E-state index contributed by atoms with van der Waals surface area (Å²) >= 11 is 7.55. The Morgan fingerprint density at radius 3 is 2.71 bits per heavy atom. The number of carbonyl (C=O) groups is 1. The molecule has 3 rings (SSSR count). The minimum Gasteiger partial charge on any atom is -0.294 e. The number of carbonyl (C=O) groups excluding carboxylic acids is 1. The Kier molecular flexibility index (Phi) is 4.08. The first-order valence-electron chi connectivity index (χ1n) is 6.37. The maximum Gasteiger partial charge on any atom is 0.168 e. The lowest BCUT2D eigenvalue weighted by atomic mass is 10.1. The van der Waals surface area contributed by atoms with Gasteiger partial charge in [0.2, 0.25) is 0 Å². The van der Waals surface area contributed by atoms with Gasteiger partial charge < -0.3 is 0 Å². The number of pyridine rings is 1. The number of Topliss-reactive ketones (excluding diaryl/α,β-unsaturated/α-hetero) is 1. The number of benzene rings is 1. The number of thiazole rings is 1. The molecule has 104 valence electrons. The molecule has 21 heavy (non-hydrogen) atoms. The van der Waals surface area contributed by atoms with Crippen LogP contribution >= 0.6 is 22.9 Å². The summed E-state index contributed by atoms with van der Waals surface area (Å²) in [5, 5.41) is 3.17. The maximum absolute atomic E-state index is 12.1. The van der Waals surface area contributed by atoms with Crippen LogP contribution in [0.25, 0.3) is 10.7 Å². The number of halogens is 1. The molecule has 0 aliphatic heterocycles. The first-order chi connectivity index (χ1) is 10.2. The van der Waals surface area contributed by atoms with Crippen molar-refractivity contribution in [2.45, 2.75) is 6.42 Å². The van der Waals surface area contributed by atoms with Crippen molar-refractivity contribution in [2.24, 2.45) is 0 Å². The molecule has 3 aromatic rings. The van der Waals surface area contributed by atoms with E-state index in [4.69, 9.17) is 11.6 Å². The van der Waals surface area contributed by atoms with Crippen LogP contribution in [0, 0.1) is 0 Å².